The minimum atomic E-state index is -0.122. The summed E-state index contributed by atoms with van der Waals surface area (Å²) in [6.45, 7) is 4.04. The van der Waals surface area contributed by atoms with E-state index in [0.717, 1.165) is 9.99 Å². The van der Waals surface area contributed by atoms with Crippen molar-refractivity contribution in [1.82, 2.24) is 4.57 Å². The Morgan fingerprint density at radius 2 is 2.31 bits per heavy atom. The van der Waals surface area contributed by atoms with Crippen LogP contribution in [-0.2, 0) is 6.54 Å². The average molecular weight is 281 g/mol. The lowest BCUT2D eigenvalue weighted by atomic mass is 10.2. The van der Waals surface area contributed by atoms with Crippen molar-refractivity contribution in [2.75, 3.05) is 0 Å². The minimum absolute atomic E-state index is 0.0677. The van der Waals surface area contributed by atoms with Gasteiger partial charge in [-0.3, -0.25) is 0 Å². The quantitative estimate of drug-likeness (QED) is 0.689. The smallest absolute Gasteiger partial charge is 0.222 e. The van der Waals surface area contributed by atoms with Crippen molar-refractivity contribution < 1.29 is 5.11 Å². The Hall–Kier alpha value is -1.62. The molecule has 2 rings (SSSR count). The average Bonchev–Trinajstić information content (AvgIpc) is 2.52. The summed E-state index contributed by atoms with van der Waals surface area (Å²) in [7, 11) is 0. The summed E-state index contributed by atoms with van der Waals surface area (Å²) < 4.78 is 2.42. The van der Waals surface area contributed by atoms with Crippen LogP contribution in [0.3, 0.4) is 0 Å². The van der Waals surface area contributed by atoms with Crippen molar-refractivity contribution >= 4 is 32.5 Å². The van der Waals surface area contributed by atoms with E-state index >= 15 is 0 Å². The van der Waals surface area contributed by atoms with Crippen molar-refractivity contribution in [2.24, 2.45) is 5.18 Å². The molecule has 5 heteroatoms. The first-order valence-electron chi connectivity index (χ1n) is 4.64. The third-order valence-corrected chi connectivity index (χ3v) is 2.87. The molecule has 0 atom stereocenters. The number of nitrogens with zero attached hydrogens (tertiary/aromatic N) is 2. The summed E-state index contributed by atoms with van der Waals surface area (Å²) in [6, 6.07) is 5.42. The highest BCUT2D eigenvalue weighted by Gasteiger charge is 2.16. The molecule has 0 aliphatic rings. The van der Waals surface area contributed by atoms with Gasteiger partial charge in [0.1, 0.15) is 0 Å². The Kier molecular flexibility index (Phi) is 2.78. The monoisotopic (exact) mass is 280 g/mol. The fourth-order valence-electron chi connectivity index (χ4n) is 1.70. The lowest BCUT2D eigenvalue weighted by molar-refractivity contribution is 0.431. The van der Waals surface area contributed by atoms with E-state index in [9.17, 15) is 10.0 Å². The molecule has 0 bridgehead atoms. The minimum Gasteiger partial charge on any atom is -0.493 e. The molecular formula is C11H9BrN2O2. The molecule has 0 spiro atoms. The van der Waals surface area contributed by atoms with Gasteiger partial charge >= 0.3 is 0 Å². The van der Waals surface area contributed by atoms with Gasteiger partial charge in [0.2, 0.25) is 5.88 Å². The number of halogens is 1. The predicted octanol–water partition coefficient (Wildman–Crippen LogP) is 3.69. The van der Waals surface area contributed by atoms with Gasteiger partial charge < -0.3 is 9.67 Å². The standard InChI is InChI=1S/C11H9BrN2O2/c1-2-5-14-9-4-3-7(12)6-8(9)10(13-16)11(14)15/h2-4,6,15H,1,5H2. The first-order valence-corrected chi connectivity index (χ1v) is 5.43. The lowest BCUT2D eigenvalue weighted by Crippen LogP contribution is -1.92. The van der Waals surface area contributed by atoms with Gasteiger partial charge in [-0.15, -0.1) is 11.5 Å². The molecule has 2 aromatic rings. The van der Waals surface area contributed by atoms with E-state index < -0.39 is 0 Å². The van der Waals surface area contributed by atoms with Gasteiger partial charge in [0.15, 0.2) is 5.69 Å². The molecule has 82 valence electrons. The third kappa shape index (κ3) is 1.53. The second kappa shape index (κ2) is 4.09. The summed E-state index contributed by atoms with van der Waals surface area (Å²) >= 11 is 3.31. The van der Waals surface area contributed by atoms with E-state index in [2.05, 4.69) is 27.7 Å². The Bertz CT molecular complexity index is 575. The van der Waals surface area contributed by atoms with Gasteiger partial charge in [-0.25, -0.2) is 0 Å². The summed E-state index contributed by atoms with van der Waals surface area (Å²) in [4.78, 5) is 10.7. The van der Waals surface area contributed by atoms with Crippen molar-refractivity contribution in [2.45, 2.75) is 6.54 Å². The van der Waals surface area contributed by atoms with E-state index in [0.29, 0.717) is 11.9 Å². The van der Waals surface area contributed by atoms with Crippen LogP contribution in [0.15, 0.2) is 40.5 Å². The zero-order valence-electron chi connectivity index (χ0n) is 8.35. The first-order chi connectivity index (χ1) is 7.69. The summed E-state index contributed by atoms with van der Waals surface area (Å²) in [6.07, 6.45) is 1.65. The molecule has 4 nitrogen and oxygen atoms in total. The highest BCUT2D eigenvalue weighted by Crippen LogP contribution is 2.39. The van der Waals surface area contributed by atoms with Crippen molar-refractivity contribution in [3.05, 3.63) is 40.2 Å². The van der Waals surface area contributed by atoms with Crippen LogP contribution in [-0.4, -0.2) is 9.67 Å². The van der Waals surface area contributed by atoms with E-state index in [4.69, 9.17) is 0 Å². The molecule has 16 heavy (non-hydrogen) atoms. The van der Waals surface area contributed by atoms with Gasteiger partial charge in [0.25, 0.3) is 0 Å². The molecule has 1 aromatic carbocycles. The number of hydrogen-bond acceptors (Lipinski definition) is 3. The topological polar surface area (TPSA) is 54.6 Å². The molecule has 0 amide bonds. The fraction of sp³-hybridized carbons (Fsp3) is 0.0909. The van der Waals surface area contributed by atoms with Crippen LogP contribution < -0.4 is 0 Å². The molecule has 0 unspecified atom stereocenters. The van der Waals surface area contributed by atoms with Crippen LogP contribution >= 0.6 is 15.9 Å². The molecule has 0 aliphatic carbocycles. The maximum atomic E-state index is 10.7. The molecule has 0 fully saturated rings. The number of nitroso groups, excluding NO2 is 1. The SMILES string of the molecule is C=CCn1c(O)c(N=O)c2cc(Br)ccc21. The zero-order valence-corrected chi connectivity index (χ0v) is 9.94. The molecule has 0 saturated heterocycles. The Balaban J connectivity index is 2.85. The zero-order chi connectivity index (χ0) is 11.7. The normalized spacial score (nSPS) is 10.6. The number of aromatic hydroxyl groups is 1. The fourth-order valence-corrected chi connectivity index (χ4v) is 2.06. The van der Waals surface area contributed by atoms with Gasteiger partial charge in [0.05, 0.1) is 5.52 Å². The summed E-state index contributed by atoms with van der Waals surface area (Å²) in [5, 5.41) is 13.3. The number of rotatable bonds is 3. The Labute approximate surface area is 100 Å². The molecular weight excluding hydrogens is 272 g/mol. The molecule has 0 saturated carbocycles. The largest absolute Gasteiger partial charge is 0.493 e. The highest BCUT2D eigenvalue weighted by atomic mass is 79.9. The maximum absolute atomic E-state index is 10.7. The predicted molar refractivity (Wildman–Crippen MR) is 67.0 cm³/mol. The molecule has 0 aliphatic heterocycles. The highest BCUT2D eigenvalue weighted by molar-refractivity contribution is 9.10. The molecule has 1 N–H and O–H groups in total. The third-order valence-electron chi connectivity index (χ3n) is 2.37. The molecule has 0 radical (unpaired) electrons. The van der Waals surface area contributed by atoms with E-state index in [1.54, 1.807) is 16.7 Å². The number of benzene rings is 1. The maximum Gasteiger partial charge on any atom is 0.222 e. The van der Waals surface area contributed by atoms with E-state index in [1.807, 2.05) is 12.1 Å². The first kappa shape index (κ1) is 10.9. The van der Waals surface area contributed by atoms with Crippen LogP contribution in [0, 0.1) is 4.91 Å². The van der Waals surface area contributed by atoms with Crippen molar-refractivity contribution in [3.8, 4) is 5.88 Å². The summed E-state index contributed by atoms with van der Waals surface area (Å²) in [5.74, 6) is -0.122. The van der Waals surface area contributed by atoms with E-state index in [-0.39, 0.29) is 11.6 Å². The van der Waals surface area contributed by atoms with Crippen LogP contribution in [0.2, 0.25) is 0 Å². The van der Waals surface area contributed by atoms with Gasteiger partial charge in [-0.2, -0.15) is 0 Å². The molecule has 1 aromatic heterocycles. The van der Waals surface area contributed by atoms with Crippen molar-refractivity contribution in [3.63, 3.8) is 0 Å². The lowest BCUT2D eigenvalue weighted by Gasteiger charge is -2.01. The number of allylic oxidation sites excluding steroid dienone is 1. The number of hydrogen-bond donors (Lipinski definition) is 1. The second-order valence-corrected chi connectivity index (χ2v) is 4.24. The van der Waals surface area contributed by atoms with Crippen LogP contribution in [0.5, 0.6) is 5.88 Å². The van der Waals surface area contributed by atoms with Gasteiger partial charge in [-0.1, -0.05) is 22.0 Å². The van der Waals surface area contributed by atoms with Gasteiger partial charge in [0, 0.05) is 16.4 Å². The Morgan fingerprint density at radius 3 is 2.94 bits per heavy atom. The van der Waals surface area contributed by atoms with Crippen molar-refractivity contribution in [1.29, 1.82) is 0 Å². The Morgan fingerprint density at radius 1 is 1.56 bits per heavy atom. The summed E-state index contributed by atoms with van der Waals surface area (Å²) in [5.41, 5.74) is 0.827. The van der Waals surface area contributed by atoms with E-state index in [1.165, 1.54) is 0 Å². The number of aromatic nitrogens is 1. The van der Waals surface area contributed by atoms with Gasteiger partial charge in [-0.05, 0) is 23.4 Å². The van der Waals surface area contributed by atoms with Crippen LogP contribution in [0.4, 0.5) is 5.69 Å². The van der Waals surface area contributed by atoms with Crippen LogP contribution in [0.1, 0.15) is 0 Å². The second-order valence-electron chi connectivity index (χ2n) is 3.32. The van der Waals surface area contributed by atoms with Crippen LogP contribution in [0.25, 0.3) is 10.9 Å². The molecule has 1 heterocycles. The number of fused-ring (bicyclic) bond motifs is 1.